The highest BCUT2D eigenvalue weighted by Crippen LogP contribution is 2.31. The van der Waals surface area contributed by atoms with Crippen LogP contribution in [0.4, 0.5) is 5.82 Å². The van der Waals surface area contributed by atoms with Crippen LogP contribution in [-0.4, -0.2) is 49.0 Å². The molecule has 0 amide bonds. The summed E-state index contributed by atoms with van der Waals surface area (Å²) in [6.45, 7) is 3.17. The lowest BCUT2D eigenvalue weighted by molar-refractivity contribution is -0.105. The summed E-state index contributed by atoms with van der Waals surface area (Å²) < 4.78 is 5.45. The maximum atomic E-state index is 12.0. The summed E-state index contributed by atoms with van der Waals surface area (Å²) in [5, 5.41) is 3.52. The van der Waals surface area contributed by atoms with Gasteiger partial charge < -0.3 is 10.1 Å². The number of allylic oxidation sites excluding steroid dienone is 2. The third kappa shape index (κ3) is 5.61. The maximum Gasteiger partial charge on any atom is 0.147 e. The molecule has 5 heteroatoms. The van der Waals surface area contributed by atoms with E-state index < -0.39 is 0 Å². The summed E-state index contributed by atoms with van der Waals surface area (Å²) in [6.07, 6.45) is 12.1. The minimum absolute atomic E-state index is 0.176. The van der Waals surface area contributed by atoms with Crippen LogP contribution in [0.2, 0.25) is 0 Å². The van der Waals surface area contributed by atoms with E-state index in [4.69, 9.17) is 4.74 Å². The number of carbonyl (C=O) groups is 1. The van der Waals surface area contributed by atoms with Crippen molar-refractivity contribution in [2.45, 2.75) is 31.9 Å². The largest absolute Gasteiger partial charge is 0.377 e. The van der Waals surface area contributed by atoms with Crippen LogP contribution in [0.25, 0.3) is 5.57 Å². The number of nitrogens with one attached hydrogen (secondary N) is 1. The fraction of sp³-hybridized carbons (Fsp3) is 0.333. The molecule has 1 atom stereocenters. The van der Waals surface area contributed by atoms with E-state index in [1.165, 1.54) is 11.1 Å². The highest BCUT2D eigenvalue weighted by atomic mass is 16.5. The molecule has 32 heavy (non-hydrogen) atoms. The molecule has 2 aliphatic rings. The normalized spacial score (nSPS) is 19.4. The molecule has 0 bridgehead atoms. The zero-order chi connectivity index (χ0) is 22.2. The Morgan fingerprint density at radius 3 is 2.88 bits per heavy atom. The number of pyridine rings is 1. The second kappa shape index (κ2) is 11.0. The van der Waals surface area contributed by atoms with Gasteiger partial charge in [0.05, 0.1) is 6.10 Å². The van der Waals surface area contributed by atoms with Crippen LogP contribution in [0.3, 0.4) is 0 Å². The number of methoxy groups -OCH3 is 1. The fourth-order valence-corrected chi connectivity index (χ4v) is 4.39. The highest BCUT2D eigenvalue weighted by Gasteiger charge is 2.22. The number of rotatable bonds is 8. The molecule has 5 nitrogen and oxygen atoms in total. The minimum atomic E-state index is 0.176. The van der Waals surface area contributed by atoms with Crippen molar-refractivity contribution < 1.29 is 9.53 Å². The van der Waals surface area contributed by atoms with Gasteiger partial charge in [-0.05, 0) is 42.5 Å². The van der Waals surface area contributed by atoms with E-state index in [0.29, 0.717) is 6.54 Å². The Labute approximate surface area is 190 Å². The summed E-state index contributed by atoms with van der Waals surface area (Å²) in [7, 11) is 1.75. The van der Waals surface area contributed by atoms with Crippen molar-refractivity contribution in [3.8, 4) is 0 Å². The Morgan fingerprint density at radius 1 is 1.19 bits per heavy atom. The average molecular weight is 430 g/mol. The Hall–Kier alpha value is -3.02. The first-order valence-electron chi connectivity index (χ1n) is 11.3. The molecule has 1 aliphatic heterocycles. The molecule has 1 aliphatic carbocycles. The smallest absolute Gasteiger partial charge is 0.147 e. The van der Waals surface area contributed by atoms with Gasteiger partial charge in [0.15, 0.2) is 0 Å². The number of nitrogens with zero attached hydrogens (tertiary/aromatic N) is 2. The first kappa shape index (κ1) is 22.2. The zero-order valence-corrected chi connectivity index (χ0v) is 18.7. The molecule has 166 valence electrons. The summed E-state index contributed by atoms with van der Waals surface area (Å²) in [4.78, 5) is 18.9. The molecule has 1 aromatic carbocycles. The number of anilines is 1. The second-order valence-electron chi connectivity index (χ2n) is 8.34. The molecule has 2 aromatic rings. The number of hydrogen-bond acceptors (Lipinski definition) is 5. The van der Waals surface area contributed by atoms with Gasteiger partial charge in [-0.25, -0.2) is 4.98 Å². The van der Waals surface area contributed by atoms with Gasteiger partial charge in [0.2, 0.25) is 0 Å². The van der Waals surface area contributed by atoms with Crippen LogP contribution in [0.15, 0.2) is 78.0 Å². The molecule has 1 N–H and O–H groups in total. The van der Waals surface area contributed by atoms with Gasteiger partial charge in [0, 0.05) is 50.6 Å². The Kier molecular flexibility index (Phi) is 7.64. The molecule has 0 fully saturated rings. The number of aromatic nitrogens is 1. The number of ether oxygens (including phenoxy) is 1. The molecule has 0 saturated heterocycles. The molecular formula is C27H31N3O2. The van der Waals surface area contributed by atoms with Gasteiger partial charge in [-0.15, -0.1) is 0 Å². The zero-order valence-electron chi connectivity index (χ0n) is 18.7. The predicted molar refractivity (Wildman–Crippen MR) is 129 cm³/mol. The molecule has 0 saturated carbocycles. The van der Waals surface area contributed by atoms with Gasteiger partial charge in [0.1, 0.15) is 12.1 Å². The third-order valence-electron chi connectivity index (χ3n) is 6.18. The SMILES string of the molecule is COC1C=CC=C(CNc2ncccc2C2=C(C=O)CN(Cc3ccccc3)CC2)CC1. The number of carbonyl (C=O) groups excluding carboxylic acids is 1. The average Bonchev–Trinajstić information content (AvgIpc) is 3.09. The molecule has 1 aromatic heterocycles. The summed E-state index contributed by atoms with van der Waals surface area (Å²) in [5.74, 6) is 0.843. The topological polar surface area (TPSA) is 54.5 Å². The number of benzene rings is 1. The molecule has 4 rings (SSSR count). The minimum Gasteiger partial charge on any atom is -0.377 e. The van der Waals surface area contributed by atoms with Crippen LogP contribution in [0.5, 0.6) is 0 Å². The van der Waals surface area contributed by atoms with E-state index >= 15 is 0 Å². The lowest BCUT2D eigenvalue weighted by Gasteiger charge is -2.29. The van der Waals surface area contributed by atoms with Crippen molar-refractivity contribution in [2.24, 2.45) is 0 Å². The lowest BCUT2D eigenvalue weighted by atomic mass is 9.94. The highest BCUT2D eigenvalue weighted by molar-refractivity contribution is 5.91. The van der Waals surface area contributed by atoms with Crippen molar-refractivity contribution in [3.63, 3.8) is 0 Å². The van der Waals surface area contributed by atoms with E-state index in [9.17, 15) is 4.79 Å². The van der Waals surface area contributed by atoms with Gasteiger partial charge >= 0.3 is 0 Å². The second-order valence-corrected chi connectivity index (χ2v) is 8.34. The molecule has 0 radical (unpaired) electrons. The number of hydrogen-bond donors (Lipinski definition) is 1. The first-order chi connectivity index (χ1) is 15.8. The Bertz CT molecular complexity index is 1010. The molecule has 2 heterocycles. The third-order valence-corrected chi connectivity index (χ3v) is 6.18. The molecular weight excluding hydrogens is 398 g/mol. The van der Waals surface area contributed by atoms with Crippen molar-refractivity contribution >= 4 is 17.7 Å². The predicted octanol–water partition coefficient (Wildman–Crippen LogP) is 4.64. The van der Waals surface area contributed by atoms with Crippen molar-refractivity contribution in [2.75, 3.05) is 32.1 Å². The standard InChI is InChI=1S/C27H31N3O2/c1-32-24-10-5-9-21(12-13-24)17-29-27-26(11-6-15-28-27)25-14-16-30(19-23(25)20-31)18-22-7-3-2-4-8-22/h2-11,15,20,24H,12-14,16-19H2,1H3,(H,28,29). The van der Waals surface area contributed by atoms with Gasteiger partial charge in [-0.2, -0.15) is 0 Å². The monoisotopic (exact) mass is 429 g/mol. The number of aldehydes is 1. The maximum absolute atomic E-state index is 12.0. The van der Waals surface area contributed by atoms with E-state index in [0.717, 1.165) is 67.7 Å². The van der Waals surface area contributed by atoms with Gasteiger partial charge in [-0.1, -0.05) is 54.1 Å². The van der Waals surface area contributed by atoms with Crippen LogP contribution >= 0.6 is 0 Å². The molecule has 0 spiro atoms. The first-order valence-corrected chi connectivity index (χ1v) is 11.3. The van der Waals surface area contributed by atoms with Crippen LogP contribution in [0, 0.1) is 0 Å². The van der Waals surface area contributed by atoms with E-state index in [-0.39, 0.29) is 6.10 Å². The fourth-order valence-electron chi connectivity index (χ4n) is 4.39. The van der Waals surface area contributed by atoms with Gasteiger partial charge in [-0.3, -0.25) is 9.69 Å². The van der Waals surface area contributed by atoms with Crippen molar-refractivity contribution in [1.29, 1.82) is 0 Å². The van der Waals surface area contributed by atoms with E-state index in [1.54, 1.807) is 13.3 Å². The van der Waals surface area contributed by atoms with Gasteiger partial charge in [0.25, 0.3) is 0 Å². The van der Waals surface area contributed by atoms with E-state index in [2.05, 4.69) is 63.8 Å². The van der Waals surface area contributed by atoms with Crippen LogP contribution in [0.1, 0.15) is 30.4 Å². The Morgan fingerprint density at radius 2 is 2.06 bits per heavy atom. The van der Waals surface area contributed by atoms with Crippen molar-refractivity contribution in [1.82, 2.24) is 9.88 Å². The van der Waals surface area contributed by atoms with Crippen molar-refractivity contribution in [3.05, 3.63) is 89.2 Å². The summed E-state index contributed by atoms with van der Waals surface area (Å²) in [5.41, 5.74) is 5.58. The summed E-state index contributed by atoms with van der Waals surface area (Å²) in [6, 6.07) is 14.4. The molecule has 1 unspecified atom stereocenters. The Balaban J connectivity index is 1.47. The summed E-state index contributed by atoms with van der Waals surface area (Å²) >= 11 is 0. The lowest BCUT2D eigenvalue weighted by Crippen LogP contribution is -2.31. The quantitative estimate of drug-likeness (QED) is 0.620. The van der Waals surface area contributed by atoms with E-state index in [1.807, 2.05) is 12.1 Å². The van der Waals surface area contributed by atoms with Crippen LogP contribution < -0.4 is 5.32 Å². The van der Waals surface area contributed by atoms with Crippen LogP contribution in [-0.2, 0) is 16.1 Å².